The van der Waals surface area contributed by atoms with E-state index in [9.17, 15) is 15.0 Å². The first-order valence-electron chi connectivity index (χ1n) is 32.3. The molecule has 0 aromatic heterocycles. The van der Waals surface area contributed by atoms with Gasteiger partial charge in [0.2, 0.25) is 5.91 Å². The van der Waals surface area contributed by atoms with Gasteiger partial charge in [-0.1, -0.05) is 336 Å². The SMILES string of the molecule is CC/C=C\C/C=C\C/C=C\C/C=C\C/C=C\C/C=C\C/C=C\CCCCCCCCCCCCCC(=O)NC(CO)C(O)CCCCCCCCCCCCCCCCCCCCCCCCCCCCCC. The van der Waals surface area contributed by atoms with Gasteiger partial charge in [0, 0.05) is 6.42 Å². The van der Waals surface area contributed by atoms with Gasteiger partial charge in [-0.25, -0.2) is 0 Å². The zero-order valence-electron chi connectivity index (χ0n) is 48.9. The molecule has 0 saturated heterocycles. The van der Waals surface area contributed by atoms with E-state index in [-0.39, 0.29) is 12.5 Å². The van der Waals surface area contributed by atoms with Crippen LogP contribution in [0.1, 0.15) is 328 Å². The molecule has 1 amide bonds. The number of rotatable bonds is 59. The third-order valence-electron chi connectivity index (χ3n) is 14.7. The summed E-state index contributed by atoms with van der Waals surface area (Å²) in [4.78, 5) is 12.5. The zero-order chi connectivity index (χ0) is 52.7. The maximum Gasteiger partial charge on any atom is 0.220 e. The molecular formula is C69H125NO3. The molecule has 0 aliphatic heterocycles. The number of aliphatic hydroxyl groups excluding tert-OH is 2. The average molecular weight is 1020 g/mol. The number of hydrogen-bond donors (Lipinski definition) is 3. The number of aliphatic hydroxyl groups is 2. The Kier molecular flexibility index (Phi) is 61.7. The number of carbonyl (C=O) groups is 1. The summed E-state index contributed by atoms with van der Waals surface area (Å²) in [7, 11) is 0. The van der Waals surface area contributed by atoms with Gasteiger partial charge in [-0.15, -0.1) is 0 Å². The summed E-state index contributed by atoms with van der Waals surface area (Å²) in [5.41, 5.74) is 0. The second kappa shape index (κ2) is 63.9. The second-order valence-electron chi connectivity index (χ2n) is 21.8. The lowest BCUT2D eigenvalue weighted by Crippen LogP contribution is -2.45. The number of allylic oxidation sites excluding steroid dienone is 14. The highest BCUT2D eigenvalue weighted by atomic mass is 16.3. The van der Waals surface area contributed by atoms with E-state index in [1.807, 2.05) is 0 Å². The lowest BCUT2D eigenvalue weighted by Gasteiger charge is -2.22. The molecule has 2 atom stereocenters. The van der Waals surface area contributed by atoms with Crippen molar-refractivity contribution in [1.82, 2.24) is 5.32 Å². The number of carbonyl (C=O) groups excluding carboxylic acids is 1. The van der Waals surface area contributed by atoms with Crippen LogP contribution in [0.2, 0.25) is 0 Å². The number of hydrogen-bond acceptors (Lipinski definition) is 3. The largest absolute Gasteiger partial charge is 0.394 e. The minimum Gasteiger partial charge on any atom is -0.394 e. The van der Waals surface area contributed by atoms with Crippen molar-refractivity contribution >= 4 is 5.91 Å². The van der Waals surface area contributed by atoms with E-state index in [0.717, 1.165) is 70.6 Å². The molecule has 0 heterocycles. The highest BCUT2D eigenvalue weighted by Gasteiger charge is 2.20. The van der Waals surface area contributed by atoms with E-state index in [2.05, 4.69) is 104 Å². The van der Waals surface area contributed by atoms with Crippen LogP contribution >= 0.6 is 0 Å². The van der Waals surface area contributed by atoms with Crippen LogP contribution in [0.5, 0.6) is 0 Å². The van der Waals surface area contributed by atoms with Gasteiger partial charge in [0.1, 0.15) is 0 Å². The Bertz CT molecular complexity index is 1290. The summed E-state index contributed by atoms with van der Waals surface area (Å²) in [6.07, 6.45) is 93.2. The van der Waals surface area contributed by atoms with E-state index in [1.54, 1.807) is 0 Å². The van der Waals surface area contributed by atoms with Crippen molar-refractivity contribution in [2.24, 2.45) is 0 Å². The lowest BCUT2D eigenvalue weighted by atomic mass is 10.0. The van der Waals surface area contributed by atoms with E-state index < -0.39 is 12.1 Å². The fourth-order valence-corrected chi connectivity index (χ4v) is 9.82. The Labute approximate surface area is 456 Å². The number of unbranched alkanes of at least 4 members (excludes halogenated alkanes) is 38. The van der Waals surface area contributed by atoms with Gasteiger partial charge in [0.15, 0.2) is 0 Å². The Morgan fingerprint density at radius 1 is 0.342 bits per heavy atom. The zero-order valence-corrected chi connectivity index (χ0v) is 48.9. The summed E-state index contributed by atoms with van der Waals surface area (Å²) >= 11 is 0. The average Bonchev–Trinajstić information content (AvgIpc) is 3.40. The smallest absolute Gasteiger partial charge is 0.220 e. The quantitative estimate of drug-likeness (QED) is 0.0420. The molecular weight excluding hydrogens is 891 g/mol. The molecule has 0 aliphatic rings. The van der Waals surface area contributed by atoms with Gasteiger partial charge in [-0.3, -0.25) is 4.79 Å². The van der Waals surface area contributed by atoms with E-state index in [1.165, 1.54) is 231 Å². The Morgan fingerprint density at radius 2 is 0.603 bits per heavy atom. The topological polar surface area (TPSA) is 69.6 Å². The summed E-state index contributed by atoms with van der Waals surface area (Å²) in [6.45, 7) is 4.27. The first-order chi connectivity index (χ1) is 36.2. The van der Waals surface area contributed by atoms with Crippen molar-refractivity contribution < 1.29 is 15.0 Å². The molecule has 0 aromatic carbocycles. The van der Waals surface area contributed by atoms with Crippen LogP contribution in [0.4, 0.5) is 0 Å². The van der Waals surface area contributed by atoms with Crippen LogP contribution in [0.25, 0.3) is 0 Å². The summed E-state index contributed by atoms with van der Waals surface area (Å²) in [6, 6.07) is -0.545. The summed E-state index contributed by atoms with van der Waals surface area (Å²) < 4.78 is 0. The summed E-state index contributed by atoms with van der Waals surface area (Å²) in [5.74, 6) is -0.0334. The normalized spacial score (nSPS) is 13.3. The Hall–Kier alpha value is -2.43. The van der Waals surface area contributed by atoms with Crippen LogP contribution in [0.3, 0.4) is 0 Å². The van der Waals surface area contributed by atoms with Crippen molar-refractivity contribution in [3.8, 4) is 0 Å². The van der Waals surface area contributed by atoms with Gasteiger partial charge in [-0.2, -0.15) is 0 Å². The molecule has 0 saturated carbocycles. The highest BCUT2D eigenvalue weighted by Crippen LogP contribution is 2.18. The molecule has 4 nitrogen and oxygen atoms in total. The molecule has 0 aromatic rings. The summed E-state index contributed by atoms with van der Waals surface area (Å²) in [5, 5.41) is 23.4. The van der Waals surface area contributed by atoms with Crippen LogP contribution in [-0.2, 0) is 4.79 Å². The van der Waals surface area contributed by atoms with Crippen molar-refractivity contribution in [2.75, 3.05) is 6.61 Å². The fraction of sp³-hybridized carbons (Fsp3) is 0.783. The molecule has 0 radical (unpaired) electrons. The Balaban J connectivity index is 3.48. The van der Waals surface area contributed by atoms with Crippen LogP contribution in [0.15, 0.2) is 85.1 Å². The molecule has 424 valence electrons. The van der Waals surface area contributed by atoms with Gasteiger partial charge in [0.05, 0.1) is 18.8 Å². The molecule has 0 fully saturated rings. The highest BCUT2D eigenvalue weighted by molar-refractivity contribution is 5.76. The number of nitrogens with one attached hydrogen (secondary N) is 1. The molecule has 0 spiro atoms. The van der Waals surface area contributed by atoms with E-state index in [4.69, 9.17) is 0 Å². The van der Waals surface area contributed by atoms with Crippen LogP contribution in [-0.4, -0.2) is 34.9 Å². The van der Waals surface area contributed by atoms with Crippen molar-refractivity contribution in [3.63, 3.8) is 0 Å². The minimum atomic E-state index is -0.667. The van der Waals surface area contributed by atoms with Crippen molar-refractivity contribution in [3.05, 3.63) is 85.1 Å². The van der Waals surface area contributed by atoms with Crippen molar-refractivity contribution in [1.29, 1.82) is 0 Å². The molecule has 3 N–H and O–H groups in total. The fourth-order valence-electron chi connectivity index (χ4n) is 9.82. The van der Waals surface area contributed by atoms with E-state index >= 15 is 0 Å². The van der Waals surface area contributed by atoms with Gasteiger partial charge in [0.25, 0.3) is 0 Å². The maximum atomic E-state index is 12.5. The lowest BCUT2D eigenvalue weighted by molar-refractivity contribution is -0.123. The third-order valence-corrected chi connectivity index (χ3v) is 14.7. The van der Waals surface area contributed by atoms with Gasteiger partial charge >= 0.3 is 0 Å². The first kappa shape index (κ1) is 70.6. The first-order valence-corrected chi connectivity index (χ1v) is 32.3. The van der Waals surface area contributed by atoms with Crippen molar-refractivity contribution in [2.45, 2.75) is 341 Å². The van der Waals surface area contributed by atoms with Gasteiger partial charge in [-0.05, 0) is 70.6 Å². The minimum absolute atomic E-state index is 0.0334. The monoisotopic (exact) mass is 1020 g/mol. The number of amides is 1. The predicted octanol–water partition coefficient (Wildman–Crippen LogP) is 21.9. The standard InChI is InChI=1S/C69H125NO3/c1-3-5-7-9-11-13-15-17-19-21-23-25-27-29-31-33-34-35-36-37-39-41-43-45-47-49-51-53-55-57-59-61-63-65-69(73)70-67(66-71)68(72)64-62-60-58-56-54-52-50-48-46-44-42-40-38-32-30-28-26-24-22-20-18-16-14-12-10-8-6-4-2/h5,7,11,13,17,19,23,25,29,31,34-35,37,39,67-68,71-72H,3-4,6,8-10,12,14-16,18,20-22,24,26-28,30,32-33,36,38,40-66H2,1-2H3,(H,70,73)/b7-5-,13-11-,19-17-,25-23-,31-29-,35-34-,39-37-. The van der Waals surface area contributed by atoms with E-state index in [0.29, 0.717) is 12.8 Å². The molecule has 0 bridgehead atoms. The predicted molar refractivity (Wildman–Crippen MR) is 327 cm³/mol. The second-order valence-corrected chi connectivity index (χ2v) is 21.8. The van der Waals surface area contributed by atoms with Crippen LogP contribution in [0, 0.1) is 0 Å². The molecule has 73 heavy (non-hydrogen) atoms. The molecule has 2 unspecified atom stereocenters. The molecule has 0 aliphatic carbocycles. The molecule has 0 rings (SSSR count). The third kappa shape index (κ3) is 60.3. The van der Waals surface area contributed by atoms with Crippen LogP contribution < -0.4 is 5.32 Å². The van der Waals surface area contributed by atoms with Gasteiger partial charge < -0.3 is 15.5 Å². The Morgan fingerprint density at radius 3 is 0.904 bits per heavy atom. The maximum absolute atomic E-state index is 12.5. The molecule has 4 heteroatoms.